The van der Waals surface area contributed by atoms with Crippen LogP contribution in [-0.4, -0.2) is 11.6 Å². The first-order chi connectivity index (χ1) is 6.36. The minimum absolute atomic E-state index is 0.315. The minimum atomic E-state index is 0.315. The molecule has 0 bridgehead atoms. The Kier molecular flexibility index (Phi) is 2.60. The van der Waals surface area contributed by atoms with Crippen LogP contribution in [0, 0.1) is 6.92 Å². The zero-order chi connectivity index (χ0) is 9.10. The predicted octanol–water partition coefficient (Wildman–Crippen LogP) is 2.63. The van der Waals surface area contributed by atoms with Crippen LogP contribution in [0.4, 0.5) is 0 Å². The summed E-state index contributed by atoms with van der Waals surface area (Å²) in [6.45, 7) is 2.93. The number of pyridine rings is 1. The first-order valence-corrected chi connectivity index (χ1v) is 4.90. The summed E-state index contributed by atoms with van der Waals surface area (Å²) in [4.78, 5) is 4.18. The van der Waals surface area contributed by atoms with Gasteiger partial charge in [-0.15, -0.1) is 0 Å². The highest BCUT2D eigenvalue weighted by molar-refractivity contribution is 5.18. The molecule has 0 spiro atoms. The molecule has 0 radical (unpaired) electrons. The lowest BCUT2D eigenvalue weighted by molar-refractivity contribution is 0.0149. The van der Waals surface area contributed by atoms with E-state index in [0.29, 0.717) is 6.10 Å². The van der Waals surface area contributed by atoms with Crippen molar-refractivity contribution in [3.8, 4) is 0 Å². The Morgan fingerprint density at radius 1 is 1.46 bits per heavy atom. The highest BCUT2D eigenvalue weighted by Gasteiger charge is 2.15. The molecule has 1 saturated heterocycles. The van der Waals surface area contributed by atoms with E-state index in [9.17, 15) is 0 Å². The lowest BCUT2D eigenvalue weighted by Gasteiger charge is -2.22. The molecule has 1 fully saturated rings. The fraction of sp³-hybridized carbons (Fsp3) is 0.545. The molecule has 13 heavy (non-hydrogen) atoms. The summed E-state index contributed by atoms with van der Waals surface area (Å²) in [5, 5.41) is 0. The second kappa shape index (κ2) is 3.88. The van der Waals surface area contributed by atoms with Crippen LogP contribution in [0.2, 0.25) is 0 Å². The summed E-state index contributed by atoms with van der Waals surface area (Å²) in [5.41, 5.74) is 2.36. The summed E-state index contributed by atoms with van der Waals surface area (Å²) in [7, 11) is 0. The maximum Gasteiger partial charge on any atom is 0.0826 e. The number of rotatable bonds is 1. The van der Waals surface area contributed by atoms with Crippen molar-refractivity contribution in [1.82, 2.24) is 4.98 Å². The lowest BCUT2D eigenvalue weighted by atomic mass is 10.0. The van der Waals surface area contributed by atoms with E-state index in [1.807, 2.05) is 13.1 Å². The molecule has 0 unspecified atom stereocenters. The number of aryl methyl sites for hydroxylation is 1. The van der Waals surface area contributed by atoms with Crippen molar-refractivity contribution < 1.29 is 4.74 Å². The fourth-order valence-electron chi connectivity index (χ4n) is 1.77. The average Bonchev–Trinajstić information content (AvgIpc) is 2.19. The van der Waals surface area contributed by atoms with E-state index < -0.39 is 0 Å². The first-order valence-electron chi connectivity index (χ1n) is 4.90. The highest BCUT2D eigenvalue weighted by atomic mass is 16.5. The van der Waals surface area contributed by atoms with E-state index in [2.05, 4.69) is 17.1 Å². The molecule has 0 amide bonds. The van der Waals surface area contributed by atoms with Gasteiger partial charge in [-0.05, 0) is 43.9 Å². The van der Waals surface area contributed by atoms with Crippen LogP contribution in [-0.2, 0) is 4.74 Å². The van der Waals surface area contributed by atoms with Gasteiger partial charge in [-0.25, -0.2) is 0 Å². The summed E-state index contributed by atoms with van der Waals surface area (Å²) < 4.78 is 5.69. The van der Waals surface area contributed by atoms with E-state index in [1.54, 1.807) is 0 Å². The van der Waals surface area contributed by atoms with Gasteiger partial charge in [0.1, 0.15) is 0 Å². The van der Waals surface area contributed by atoms with Gasteiger partial charge in [-0.1, -0.05) is 0 Å². The summed E-state index contributed by atoms with van der Waals surface area (Å²) in [5.74, 6) is 0. The van der Waals surface area contributed by atoms with Crippen LogP contribution in [0.15, 0.2) is 18.3 Å². The SMILES string of the molecule is Cc1cc([C@@H]2CCCCO2)ccn1. The van der Waals surface area contributed by atoms with Crippen LogP contribution in [0.25, 0.3) is 0 Å². The monoisotopic (exact) mass is 177 g/mol. The van der Waals surface area contributed by atoms with Crippen molar-refractivity contribution in [2.45, 2.75) is 32.3 Å². The molecule has 0 N–H and O–H groups in total. The molecule has 0 aromatic carbocycles. The molecule has 2 heterocycles. The Morgan fingerprint density at radius 3 is 3.08 bits per heavy atom. The molecular weight excluding hydrogens is 162 g/mol. The smallest absolute Gasteiger partial charge is 0.0826 e. The van der Waals surface area contributed by atoms with Crippen LogP contribution in [0.3, 0.4) is 0 Å². The van der Waals surface area contributed by atoms with E-state index in [4.69, 9.17) is 4.74 Å². The Hall–Kier alpha value is -0.890. The maximum absolute atomic E-state index is 5.69. The summed E-state index contributed by atoms with van der Waals surface area (Å²) >= 11 is 0. The zero-order valence-corrected chi connectivity index (χ0v) is 7.99. The molecule has 2 rings (SSSR count). The van der Waals surface area contributed by atoms with Crippen molar-refractivity contribution in [1.29, 1.82) is 0 Å². The number of hydrogen-bond acceptors (Lipinski definition) is 2. The standard InChI is InChI=1S/C11H15NO/c1-9-8-10(5-6-12-9)11-4-2-3-7-13-11/h5-6,8,11H,2-4,7H2,1H3/t11-/m0/s1. The highest BCUT2D eigenvalue weighted by Crippen LogP contribution is 2.27. The Morgan fingerprint density at radius 2 is 2.38 bits per heavy atom. The van der Waals surface area contributed by atoms with Gasteiger partial charge in [-0.3, -0.25) is 4.98 Å². The van der Waals surface area contributed by atoms with E-state index >= 15 is 0 Å². The van der Waals surface area contributed by atoms with Gasteiger partial charge in [-0.2, -0.15) is 0 Å². The average molecular weight is 177 g/mol. The van der Waals surface area contributed by atoms with Crippen molar-refractivity contribution in [2.75, 3.05) is 6.61 Å². The Labute approximate surface area is 78.9 Å². The van der Waals surface area contributed by atoms with Gasteiger partial charge in [0.2, 0.25) is 0 Å². The van der Waals surface area contributed by atoms with Crippen molar-refractivity contribution >= 4 is 0 Å². The third-order valence-corrected chi connectivity index (χ3v) is 2.47. The molecular formula is C11H15NO. The molecule has 1 aliphatic heterocycles. The Balaban J connectivity index is 2.14. The normalized spacial score (nSPS) is 23.0. The van der Waals surface area contributed by atoms with Gasteiger partial charge in [0.05, 0.1) is 6.10 Å². The number of aromatic nitrogens is 1. The minimum Gasteiger partial charge on any atom is -0.374 e. The molecule has 0 aliphatic carbocycles. The lowest BCUT2D eigenvalue weighted by Crippen LogP contribution is -2.11. The molecule has 70 valence electrons. The quantitative estimate of drug-likeness (QED) is 0.658. The molecule has 2 heteroatoms. The van der Waals surface area contributed by atoms with Gasteiger partial charge < -0.3 is 4.74 Å². The second-order valence-corrected chi connectivity index (χ2v) is 3.59. The fourth-order valence-corrected chi connectivity index (χ4v) is 1.77. The second-order valence-electron chi connectivity index (χ2n) is 3.59. The van der Waals surface area contributed by atoms with E-state index in [-0.39, 0.29) is 0 Å². The largest absolute Gasteiger partial charge is 0.374 e. The number of ether oxygens (including phenoxy) is 1. The van der Waals surface area contributed by atoms with E-state index in [0.717, 1.165) is 18.7 Å². The number of nitrogens with zero attached hydrogens (tertiary/aromatic N) is 1. The van der Waals surface area contributed by atoms with E-state index in [1.165, 1.54) is 18.4 Å². The van der Waals surface area contributed by atoms with Crippen molar-refractivity contribution in [3.05, 3.63) is 29.6 Å². The van der Waals surface area contributed by atoms with Crippen molar-refractivity contribution in [2.24, 2.45) is 0 Å². The molecule has 2 nitrogen and oxygen atoms in total. The molecule has 1 aromatic rings. The maximum atomic E-state index is 5.69. The van der Waals surface area contributed by atoms with Crippen LogP contribution < -0.4 is 0 Å². The zero-order valence-electron chi connectivity index (χ0n) is 7.99. The molecule has 0 saturated carbocycles. The van der Waals surface area contributed by atoms with Crippen LogP contribution in [0.5, 0.6) is 0 Å². The van der Waals surface area contributed by atoms with Gasteiger partial charge in [0, 0.05) is 18.5 Å². The summed E-state index contributed by atoms with van der Waals surface area (Å²) in [6, 6.07) is 4.18. The van der Waals surface area contributed by atoms with Crippen LogP contribution in [0.1, 0.15) is 36.6 Å². The predicted molar refractivity (Wildman–Crippen MR) is 51.5 cm³/mol. The third-order valence-electron chi connectivity index (χ3n) is 2.47. The van der Waals surface area contributed by atoms with Gasteiger partial charge in [0.25, 0.3) is 0 Å². The Bertz CT molecular complexity index is 279. The molecule has 1 aliphatic rings. The first kappa shape index (κ1) is 8.70. The van der Waals surface area contributed by atoms with Gasteiger partial charge in [0.15, 0.2) is 0 Å². The van der Waals surface area contributed by atoms with Crippen LogP contribution >= 0.6 is 0 Å². The van der Waals surface area contributed by atoms with Gasteiger partial charge >= 0.3 is 0 Å². The summed E-state index contributed by atoms with van der Waals surface area (Å²) in [6.07, 6.45) is 5.83. The molecule has 1 aromatic heterocycles. The third kappa shape index (κ3) is 2.07. The molecule has 1 atom stereocenters. The topological polar surface area (TPSA) is 22.1 Å². The van der Waals surface area contributed by atoms with Crippen molar-refractivity contribution in [3.63, 3.8) is 0 Å². The number of hydrogen-bond donors (Lipinski definition) is 0.